The average molecular weight is 264 g/mol. The maximum Gasteiger partial charge on any atom is 0.264 e. The van der Waals surface area contributed by atoms with Crippen molar-refractivity contribution in [3.05, 3.63) is 12.4 Å². The van der Waals surface area contributed by atoms with Crippen molar-refractivity contribution in [2.45, 2.75) is 23.8 Å². The quantitative estimate of drug-likeness (QED) is 0.750. The van der Waals surface area contributed by atoms with Crippen molar-refractivity contribution in [1.82, 2.24) is 14.7 Å². The van der Waals surface area contributed by atoms with Crippen LogP contribution in [0.3, 0.4) is 0 Å². The van der Waals surface area contributed by atoms with Gasteiger partial charge in [0.1, 0.15) is 4.90 Å². The molecule has 0 unspecified atom stereocenters. The molecule has 0 N–H and O–H groups in total. The van der Waals surface area contributed by atoms with E-state index in [1.807, 2.05) is 0 Å². The molecule has 7 heteroatoms. The fourth-order valence-electron chi connectivity index (χ4n) is 1.91. The summed E-state index contributed by atoms with van der Waals surface area (Å²) in [6.45, 7) is 2.01. The van der Waals surface area contributed by atoms with E-state index in [4.69, 9.17) is 10.7 Å². The van der Waals surface area contributed by atoms with E-state index in [1.54, 1.807) is 4.68 Å². The van der Waals surface area contributed by atoms with E-state index in [0.29, 0.717) is 0 Å². The molecule has 0 aromatic carbocycles. The summed E-state index contributed by atoms with van der Waals surface area (Å²) in [5.41, 5.74) is 0. The Kier molecular flexibility index (Phi) is 3.23. The third-order valence-corrected chi connectivity index (χ3v) is 4.23. The van der Waals surface area contributed by atoms with E-state index < -0.39 is 9.05 Å². The van der Waals surface area contributed by atoms with Crippen LogP contribution >= 0.6 is 10.7 Å². The second kappa shape index (κ2) is 4.35. The maximum atomic E-state index is 11.1. The molecule has 1 aliphatic rings. The van der Waals surface area contributed by atoms with E-state index in [9.17, 15) is 8.42 Å². The van der Waals surface area contributed by atoms with Crippen molar-refractivity contribution in [3.8, 4) is 0 Å². The van der Waals surface area contributed by atoms with Crippen LogP contribution in [0.25, 0.3) is 0 Å². The van der Waals surface area contributed by atoms with Crippen LogP contribution in [0.2, 0.25) is 0 Å². The normalized spacial score (nSPS) is 20.1. The van der Waals surface area contributed by atoms with Crippen LogP contribution in [0.15, 0.2) is 17.3 Å². The number of hydrogen-bond donors (Lipinski definition) is 0. The summed E-state index contributed by atoms with van der Waals surface area (Å²) in [5.74, 6) is 0. The highest BCUT2D eigenvalue weighted by Gasteiger charge is 2.21. The summed E-state index contributed by atoms with van der Waals surface area (Å²) >= 11 is 0. The molecule has 0 radical (unpaired) electrons. The number of piperidine rings is 1. The molecule has 1 fully saturated rings. The Bertz CT molecular complexity index is 463. The molecule has 1 aromatic rings. The molecule has 2 heterocycles. The van der Waals surface area contributed by atoms with Gasteiger partial charge in [-0.2, -0.15) is 5.10 Å². The standard InChI is InChI=1S/C9H14ClN3O2S/c1-12-4-2-8(3-5-12)13-7-9(6-11-13)16(10,14)15/h6-8H,2-5H2,1H3. The van der Waals surface area contributed by atoms with E-state index in [2.05, 4.69) is 17.0 Å². The molecular weight excluding hydrogens is 250 g/mol. The summed E-state index contributed by atoms with van der Waals surface area (Å²) in [6, 6.07) is 0.281. The third-order valence-electron chi connectivity index (χ3n) is 2.92. The first-order chi connectivity index (χ1) is 7.47. The molecule has 1 aromatic heterocycles. The zero-order valence-corrected chi connectivity index (χ0v) is 10.6. The molecular formula is C9H14ClN3O2S. The minimum Gasteiger partial charge on any atom is -0.306 e. The highest BCUT2D eigenvalue weighted by Crippen LogP contribution is 2.23. The lowest BCUT2D eigenvalue weighted by molar-refractivity contribution is 0.212. The molecule has 0 amide bonds. The molecule has 1 aliphatic heterocycles. The molecule has 0 atom stereocenters. The van der Waals surface area contributed by atoms with Crippen LogP contribution in [0.1, 0.15) is 18.9 Å². The Morgan fingerprint density at radius 1 is 1.44 bits per heavy atom. The zero-order chi connectivity index (χ0) is 11.8. The van der Waals surface area contributed by atoms with E-state index in [-0.39, 0.29) is 10.9 Å². The van der Waals surface area contributed by atoms with Gasteiger partial charge in [-0.25, -0.2) is 8.42 Å². The molecule has 0 spiro atoms. The fraction of sp³-hybridized carbons (Fsp3) is 0.667. The number of rotatable bonds is 2. The number of hydrogen-bond acceptors (Lipinski definition) is 4. The van der Waals surface area contributed by atoms with Gasteiger partial charge in [0.25, 0.3) is 9.05 Å². The van der Waals surface area contributed by atoms with Crippen molar-refractivity contribution >= 4 is 19.7 Å². The largest absolute Gasteiger partial charge is 0.306 e. The SMILES string of the molecule is CN1CCC(n2cc(S(=O)(=O)Cl)cn2)CC1. The highest BCUT2D eigenvalue weighted by atomic mass is 35.7. The van der Waals surface area contributed by atoms with Crippen LogP contribution < -0.4 is 0 Å². The number of aromatic nitrogens is 2. The zero-order valence-electron chi connectivity index (χ0n) is 9.00. The van der Waals surface area contributed by atoms with E-state index in [0.717, 1.165) is 25.9 Å². The second-order valence-corrected chi connectivity index (χ2v) is 6.69. The van der Waals surface area contributed by atoms with Crippen LogP contribution in [-0.2, 0) is 9.05 Å². The Labute approximate surface area is 99.4 Å². The van der Waals surface area contributed by atoms with E-state index in [1.165, 1.54) is 12.4 Å². The predicted molar refractivity (Wildman–Crippen MR) is 61.0 cm³/mol. The average Bonchev–Trinajstić information content (AvgIpc) is 2.67. The van der Waals surface area contributed by atoms with Gasteiger partial charge in [-0.15, -0.1) is 0 Å². The number of nitrogens with zero attached hydrogens (tertiary/aromatic N) is 3. The van der Waals surface area contributed by atoms with Gasteiger partial charge in [0, 0.05) is 16.9 Å². The lowest BCUT2D eigenvalue weighted by Crippen LogP contribution is -2.31. The number of halogens is 1. The van der Waals surface area contributed by atoms with Crippen molar-refractivity contribution in [2.24, 2.45) is 0 Å². The van der Waals surface area contributed by atoms with Gasteiger partial charge in [-0.3, -0.25) is 4.68 Å². The summed E-state index contributed by atoms with van der Waals surface area (Å²) in [6.07, 6.45) is 4.79. The van der Waals surface area contributed by atoms with Gasteiger partial charge >= 0.3 is 0 Å². The summed E-state index contributed by atoms with van der Waals surface area (Å²) < 4.78 is 23.9. The molecule has 2 rings (SSSR count). The van der Waals surface area contributed by atoms with Crippen molar-refractivity contribution in [1.29, 1.82) is 0 Å². The Morgan fingerprint density at radius 2 is 2.06 bits per heavy atom. The van der Waals surface area contributed by atoms with Crippen molar-refractivity contribution in [3.63, 3.8) is 0 Å². The molecule has 16 heavy (non-hydrogen) atoms. The first kappa shape index (κ1) is 11.9. The summed E-state index contributed by atoms with van der Waals surface area (Å²) in [4.78, 5) is 2.33. The lowest BCUT2D eigenvalue weighted by atomic mass is 10.1. The smallest absolute Gasteiger partial charge is 0.264 e. The fourth-order valence-corrected chi connectivity index (χ4v) is 2.55. The van der Waals surface area contributed by atoms with Gasteiger partial charge in [-0.1, -0.05) is 0 Å². The first-order valence-corrected chi connectivity index (χ1v) is 7.45. The molecule has 90 valence electrons. The van der Waals surface area contributed by atoms with Crippen LogP contribution in [-0.4, -0.2) is 43.2 Å². The van der Waals surface area contributed by atoms with Crippen LogP contribution in [0, 0.1) is 0 Å². The predicted octanol–water partition coefficient (Wildman–Crippen LogP) is 1.08. The lowest BCUT2D eigenvalue weighted by Gasteiger charge is -2.28. The van der Waals surface area contributed by atoms with Crippen molar-refractivity contribution in [2.75, 3.05) is 20.1 Å². The molecule has 0 aliphatic carbocycles. The van der Waals surface area contributed by atoms with Gasteiger partial charge in [0.15, 0.2) is 0 Å². The molecule has 5 nitrogen and oxygen atoms in total. The van der Waals surface area contributed by atoms with E-state index >= 15 is 0 Å². The summed E-state index contributed by atoms with van der Waals surface area (Å²) in [5, 5.41) is 4.07. The van der Waals surface area contributed by atoms with Crippen LogP contribution in [0.4, 0.5) is 0 Å². The third kappa shape index (κ3) is 2.56. The summed E-state index contributed by atoms with van der Waals surface area (Å²) in [7, 11) is 3.67. The molecule has 1 saturated heterocycles. The first-order valence-electron chi connectivity index (χ1n) is 5.14. The molecule has 0 bridgehead atoms. The van der Waals surface area contributed by atoms with Gasteiger partial charge in [-0.05, 0) is 33.0 Å². The Balaban J connectivity index is 2.14. The minimum atomic E-state index is -3.65. The van der Waals surface area contributed by atoms with Crippen molar-refractivity contribution < 1.29 is 8.42 Å². The Morgan fingerprint density at radius 3 is 2.56 bits per heavy atom. The number of likely N-dealkylation sites (tertiary alicyclic amines) is 1. The van der Waals surface area contributed by atoms with Gasteiger partial charge < -0.3 is 4.90 Å². The second-order valence-electron chi connectivity index (χ2n) is 4.13. The minimum absolute atomic E-state index is 0.0769. The monoisotopic (exact) mass is 263 g/mol. The topological polar surface area (TPSA) is 55.2 Å². The maximum absolute atomic E-state index is 11.1. The van der Waals surface area contributed by atoms with Crippen LogP contribution in [0.5, 0.6) is 0 Å². The van der Waals surface area contributed by atoms with Gasteiger partial charge in [0.2, 0.25) is 0 Å². The highest BCUT2D eigenvalue weighted by molar-refractivity contribution is 8.13. The van der Waals surface area contributed by atoms with Gasteiger partial charge in [0.05, 0.1) is 12.2 Å². The molecule has 0 saturated carbocycles. The Hall–Kier alpha value is -0.590.